The molecular formula is C39H44N2O3. The molecule has 2 saturated heterocycles. The number of carbonyl (C=O) groups is 1. The summed E-state index contributed by atoms with van der Waals surface area (Å²) in [6, 6.07) is 33.7. The van der Waals surface area contributed by atoms with E-state index in [1.54, 1.807) is 6.08 Å². The van der Waals surface area contributed by atoms with E-state index in [1.165, 1.54) is 21.9 Å². The van der Waals surface area contributed by atoms with E-state index in [2.05, 4.69) is 77.7 Å². The van der Waals surface area contributed by atoms with Gasteiger partial charge in [0.2, 0.25) is 5.91 Å². The minimum absolute atomic E-state index is 0.0464. The van der Waals surface area contributed by atoms with Crippen molar-refractivity contribution >= 4 is 22.8 Å². The number of amides is 1. The van der Waals surface area contributed by atoms with Crippen molar-refractivity contribution < 1.29 is 14.6 Å². The summed E-state index contributed by atoms with van der Waals surface area (Å²) >= 11 is 0. The van der Waals surface area contributed by atoms with Crippen LogP contribution >= 0.6 is 0 Å². The molecule has 1 atom stereocenters. The fraction of sp³-hybridized carbons (Fsp3) is 0.359. The number of para-hydroxylation sites is 1. The number of fused-ring (bicyclic) bond motifs is 1. The van der Waals surface area contributed by atoms with Gasteiger partial charge in [-0.1, -0.05) is 91.0 Å². The van der Waals surface area contributed by atoms with Gasteiger partial charge in [0.1, 0.15) is 18.5 Å². The standard InChI is InChI=1S/C39H44N2O3/c42-37(28-40-22-20-33(21-23-40)36-15-14-32-10-4-5-12-35(32)27-36)29-44-38-13-7-6-11-34(38)16-17-39(43)41-24-18-31(19-25-41)26-30-8-2-1-3-9-30/h1-17,27,31,33,37,42H,18-26,28-29H2/t37-/m0/s1. The van der Waals surface area contributed by atoms with E-state index in [4.69, 9.17) is 4.74 Å². The lowest BCUT2D eigenvalue weighted by Gasteiger charge is -2.33. The maximum Gasteiger partial charge on any atom is 0.246 e. The lowest BCUT2D eigenvalue weighted by atomic mass is 9.88. The number of rotatable bonds is 10. The number of benzene rings is 4. The van der Waals surface area contributed by atoms with Crippen LogP contribution in [0.4, 0.5) is 0 Å². The number of carbonyl (C=O) groups excluding carboxylic acids is 1. The molecule has 1 N–H and O–H groups in total. The molecule has 0 aromatic heterocycles. The Morgan fingerprint density at radius 2 is 1.52 bits per heavy atom. The summed E-state index contributed by atoms with van der Waals surface area (Å²) in [6.45, 7) is 4.35. The summed E-state index contributed by atoms with van der Waals surface area (Å²) in [7, 11) is 0. The third-order valence-electron chi connectivity index (χ3n) is 9.35. The van der Waals surface area contributed by atoms with E-state index < -0.39 is 6.10 Å². The lowest BCUT2D eigenvalue weighted by Crippen LogP contribution is -2.40. The summed E-state index contributed by atoms with van der Waals surface area (Å²) in [6.07, 6.45) is 8.27. The van der Waals surface area contributed by atoms with Gasteiger partial charge in [0.25, 0.3) is 0 Å². The zero-order valence-electron chi connectivity index (χ0n) is 25.6. The molecule has 44 heavy (non-hydrogen) atoms. The van der Waals surface area contributed by atoms with Gasteiger partial charge in [-0.2, -0.15) is 0 Å². The first-order valence-corrected chi connectivity index (χ1v) is 16.2. The molecule has 4 aromatic rings. The second-order valence-corrected chi connectivity index (χ2v) is 12.5. The zero-order valence-corrected chi connectivity index (χ0v) is 25.6. The third kappa shape index (κ3) is 7.96. The molecule has 0 bridgehead atoms. The Morgan fingerprint density at radius 1 is 0.818 bits per heavy atom. The topological polar surface area (TPSA) is 53.0 Å². The quantitative estimate of drug-likeness (QED) is 0.204. The van der Waals surface area contributed by atoms with E-state index in [9.17, 15) is 9.90 Å². The van der Waals surface area contributed by atoms with Crippen LogP contribution in [0.2, 0.25) is 0 Å². The predicted molar refractivity (Wildman–Crippen MR) is 179 cm³/mol. The van der Waals surface area contributed by atoms with Crippen molar-refractivity contribution in [3.05, 3.63) is 120 Å². The Morgan fingerprint density at radius 3 is 2.32 bits per heavy atom. The second kappa shape index (κ2) is 14.7. The summed E-state index contributed by atoms with van der Waals surface area (Å²) in [4.78, 5) is 17.3. The molecule has 0 unspecified atom stereocenters. The van der Waals surface area contributed by atoms with Crippen LogP contribution in [-0.2, 0) is 11.2 Å². The Balaban J connectivity index is 0.942. The lowest BCUT2D eigenvalue weighted by molar-refractivity contribution is -0.127. The maximum atomic E-state index is 13.0. The number of nitrogens with zero attached hydrogens (tertiary/aromatic N) is 2. The van der Waals surface area contributed by atoms with Crippen LogP contribution in [0.5, 0.6) is 5.75 Å². The van der Waals surface area contributed by atoms with E-state index in [0.717, 1.165) is 63.8 Å². The van der Waals surface area contributed by atoms with Gasteiger partial charge < -0.3 is 19.6 Å². The monoisotopic (exact) mass is 588 g/mol. The smallest absolute Gasteiger partial charge is 0.246 e. The van der Waals surface area contributed by atoms with E-state index in [0.29, 0.717) is 24.1 Å². The molecule has 228 valence electrons. The summed E-state index contributed by atoms with van der Waals surface area (Å²) in [5.41, 5.74) is 3.64. The van der Waals surface area contributed by atoms with Crippen LogP contribution in [0.25, 0.3) is 16.8 Å². The highest BCUT2D eigenvalue weighted by Crippen LogP contribution is 2.30. The minimum atomic E-state index is -0.580. The molecule has 0 spiro atoms. The molecule has 0 aliphatic carbocycles. The van der Waals surface area contributed by atoms with Crippen molar-refractivity contribution in [1.82, 2.24) is 9.80 Å². The zero-order chi connectivity index (χ0) is 30.1. The molecule has 0 saturated carbocycles. The van der Waals surface area contributed by atoms with Crippen molar-refractivity contribution in [1.29, 1.82) is 0 Å². The normalized spacial score (nSPS) is 17.7. The highest BCUT2D eigenvalue weighted by Gasteiger charge is 2.24. The van der Waals surface area contributed by atoms with Gasteiger partial charge in [0, 0.05) is 31.3 Å². The average Bonchev–Trinajstić information content (AvgIpc) is 3.07. The van der Waals surface area contributed by atoms with E-state index in [1.807, 2.05) is 35.2 Å². The molecule has 2 heterocycles. The van der Waals surface area contributed by atoms with Crippen LogP contribution in [0, 0.1) is 5.92 Å². The van der Waals surface area contributed by atoms with Gasteiger partial charge in [0.15, 0.2) is 0 Å². The highest BCUT2D eigenvalue weighted by molar-refractivity contribution is 5.92. The number of piperidine rings is 2. The number of aliphatic hydroxyl groups is 1. The van der Waals surface area contributed by atoms with Gasteiger partial charge in [-0.3, -0.25) is 4.79 Å². The molecule has 2 aliphatic heterocycles. The maximum absolute atomic E-state index is 13.0. The first kappa shape index (κ1) is 30.1. The van der Waals surface area contributed by atoms with Gasteiger partial charge in [-0.25, -0.2) is 0 Å². The first-order chi connectivity index (χ1) is 21.6. The van der Waals surface area contributed by atoms with Gasteiger partial charge in [-0.05, 0) is 91.1 Å². The van der Waals surface area contributed by atoms with Crippen LogP contribution < -0.4 is 4.74 Å². The van der Waals surface area contributed by atoms with Gasteiger partial charge in [-0.15, -0.1) is 0 Å². The number of hydrogen-bond acceptors (Lipinski definition) is 4. The molecule has 0 radical (unpaired) electrons. The largest absolute Gasteiger partial charge is 0.490 e. The van der Waals surface area contributed by atoms with Crippen LogP contribution in [0.15, 0.2) is 103 Å². The Hall–Kier alpha value is -3.93. The Kier molecular flexibility index (Phi) is 10.1. The van der Waals surface area contributed by atoms with Crippen molar-refractivity contribution in [3.63, 3.8) is 0 Å². The molecule has 4 aromatic carbocycles. The van der Waals surface area contributed by atoms with Gasteiger partial charge in [0.05, 0.1) is 0 Å². The molecule has 2 aliphatic rings. The SMILES string of the molecule is O=C(C=Cc1ccccc1OC[C@@H](O)CN1CCC(c2ccc3ccccc3c2)CC1)N1CCC(Cc2ccccc2)CC1. The molecule has 5 nitrogen and oxygen atoms in total. The molecule has 2 fully saturated rings. The van der Waals surface area contributed by atoms with Crippen molar-refractivity contribution in [2.75, 3.05) is 39.3 Å². The Labute approximate surface area is 261 Å². The van der Waals surface area contributed by atoms with Crippen molar-refractivity contribution in [2.45, 2.75) is 44.1 Å². The second-order valence-electron chi connectivity index (χ2n) is 12.5. The van der Waals surface area contributed by atoms with Crippen molar-refractivity contribution in [2.24, 2.45) is 5.92 Å². The first-order valence-electron chi connectivity index (χ1n) is 16.2. The fourth-order valence-corrected chi connectivity index (χ4v) is 6.77. The third-order valence-corrected chi connectivity index (χ3v) is 9.35. The number of likely N-dealkylation sites (tertiary alicyclic amines) is 2. The number of ether oxygens (including phenoxy) is 1. The summed E-state index contributed by atoms with van der Waals surface area (Å²) < 4.78 is 6.07. The van der Waals surface area contributed by atoms with Gasteiger partial charge >= 0.3 is 0 Å². The Bertz CT molecular complexity index is 1540. The predicted octanol–water partition coefficient (Wildman–Crippen LogP) is 6.95. The molecular weight excluding hydrogens is 544 g/mol. The van der Waals surface area contributed by atoms with Crippen LogP contribution in [0.3, 0.4) is 0 Å². The van der Waals surface area contributed by atoms with Crippen LogP contribution in [-0.4, -0.2) is 66.2 Å². The van der Waals surface area contributed by atoms with Crippen LogP contribution in [0.1, 0.15) is 48.3 Å². The summed E-state index contributed by atoms with van der Waals surface area (Å²) in [5, 5.41) is 13.4. The number of hydrogen-bond donors (Lipinski definition) is 1. The summed E-state index contributed by atoms with van der Waals surface area (Å²) in [5.74, 6) is 1.92. The number of aliphatic hydroxyl groups excluding tert-OH is 1. The van der Waals surface area contributed by atoms with E-state index in [-0.39, 0.29) is 12.5 Å². The minimum Gasteiger partial charge on any atom is -0.490 e. The molecule has 1 amide bonds. The fourth-order valence-electron chi connectivity index (χ4n) is 6.77. The highest BCUT2D eigenvalue weighted by atomic mass is 16.5. The molecule has 6 rings (SSSR count). The number of β-amino-alcohol motifs (C(OH)–C–C–N with tert-alkyl or cyclic N) is 1. The average molecular weight is 589 g/mol. The van der Waals surface area contributed by atoms with Crippen molar-refractivity contribution in [3.8, 4) is 5.75 Å². The molecule has 5 heteroatoms. The van der Waals surface area contributed by atoms with E-state index >= 15 is 0 Å².